The van der Waals surface area contributed by atoms with Gasteiger partial charge in [0.25, 0.3) is 5.91 Å². The third kappa shape index (κ3) is 7.70. The predicted molar refractivity (Wildman–Crippen MR) is 130 cm³/mol. The summed E-state index contributed by atoms with van der Waals surface area (Å²) in [6, 6.07) is 16.7. The minimum absolute atomic E-state index is 0.00570. The molecule has 9 heteroatoms. The molecule has 184 valence electrons. The molecule has 1 aromatic heterocycles. The fourth-order valence-corrected chi connectivity index (χ4v) is 3.16. The molecule has 1 atom stereocenters. The number of carbonyl (C=O) groups excluding carboxylic acids is 3. The highest BCUT2D eigenvalue weighted by molar-refractivity contribution is 6.02. The third-order valence-electron chi connectivity index (χ3n) is 4.92. The van der Waals surface area contributed by atoms with Crippen LogP contribution < -0.4 is 10.6 Å². The van der Waals surface area contributed by atoms with Gasteiger partial charge in [-0.05, 0) is 44.4 Å². The van der Waals surface area contributed by atoms with Crippen molar-refractivity contribution in [3.8, 4) is 0 Å². The highest BCUT2D eigenvalue weighted by Gasteiger charge is 2.23. The maximum Gasteiger partial charge on any atom is 0.407 e. The van der Waals surface area contributed by atoms with Crippen molar-refractivity contribution >= 4 is 18.0 Å². The lowest BCUT2D eigenvalue weighted by molar-refractivity contribution is 0.0328. The second-order valence-corrected chi connectivity index (χ2v) is 8.94. The summed E-state index contributed by atoms with van der Waals surface area (Å²) in [7, 11) is 0. The Hall–Kier alpha value is -4.14. The van der Waals surface area contributed by atoms with E-state index in [2.05, 4.69) is 20.6 Å². The third-order valence-corrected chi connectivity index (χ3v) is 4.92. The Morgan fingerprint density at radius 3 is 2.14 bits per heavy atom. The van der Waals surface area contributed by atoms with Gasteiger partial charge in [-0.3, -0.25) is 4.79 Å². The Morgan fingerprint density at radius 2 is 1.54 bits per heavy atom. The molecule has 2 aromatic carbocycles. The number of hydrogen-bond donors (Lipinski definition) is 3. The van der Waals surface area contributed by atoms with Crippen molar-refractivity contribution in [1.82, 2.24) is 20.6 Å². The molecule has 1 heterocycles. The van der Waals surface area contributed by atoms with Crippen molar-refractivity contribution in [2.45, 2.75) is 52.5 Å². The van der Waals surface area contributed by atoms with Crippen molar-refractivity contribution in [3.05, 3.63) is 89.0 Å². The van der Waals surface area contributed by atoms with E-state index in [0.29, 0.717) is 6.54 Å². The summed E-state index contributed by atoms with van der Waals surface area (Å²) < 4.78 is 10.7. The number of hydrogen-bond acceptors (Lipinski definition) is 6. The Morgan fingerprint density at radius 1 is 0.943 bits per heavy atom. The van der Waals surface area contributed by atoms with Crippen molar-refractivity contribution in [1.29, 1.82) is 0 Å². The van der Waals surface area contributed by atoms with Crippen LogP contribution in [0, 0.1) is 0 Å². The summed E-state index contributed by atoms with van der Waals surface area (Å²) in [6.45, 7) is 7.72. The SMILES string of the molecule is C[C@@H](OC(=O)c1[nH]cnc1C(=O)NCc1ccc(CNC(=O)OC(C)(C)C)cc1)c1ccccc1. The average molecular weight is 479 g/mol. The van der Waals surface area contributed by atoms with Gasteiger partial charge in [-0.1, -0.05) is 54.6 Å². The van der Waals surface area contributed by atoms with E-state index in [4.69, 9.17) is 9.47 Å². The van der Waals surface area contributed by atoms with E-state index in [1.165, 1.54) is 6.33 Å². The number of alkyl carbamates (subject to hydrolysis) is 1. The van der Waals surface area contributed by atoms with Gasteiger partial charge in [0, 0.05) is 13.1 Å². The average Bonchev–Trinajstić information content (AvgIpc) is 3.32. The second-order valence-electron chi connectivity index (χ2n) is 8.94. The number of carbonyl (C=O) groups is 3. The first-order valence-electron chi connectivity index (χ1n) is 11.2. The Labute approximate surface area is 204 Å². The molecule has 0 bridgehead atoms. The van der Waals surface area contributed by atoms with E-state index in [-0.39, 0.29) is 17.9 Å². The Bertz CT molecular complexity index is 1150. The highest BCUT2D eigenvalue weighted by atomic mass is 16.6. The zero-order valence-corrected chi connectivity index (χ0v) is 20.3. The van der Waals surface area contributed by atoms with Crippen molar-refractivity contribution < 1.29 is 23.9 Å². The lowest BCUT2D eigenvalue weighted by atomic mass is 10.1. The molecule has 0 aliphatic rings. The fourth-order valence-electron chi connectivity index (χ4n) is 3.16. The van der Waals surface area contributed by atoms with E-state index in [1.807, 2.05) is 54.6 Å². The van der Waals surface area contributed by atoms with Crippen LogP contribution in [0.15, 0.2) is 60.9 Å². The number of aromatic nitrogens is 2. The van der Waals surface area contributed by atoms with Gasteiger partial charge >= 0.3 is 12.1 Å². The number of benzene rings is 2. The fraction of sp³-hybridized carbons (Fsp3) is 0.308. The molecule has 35 heavy (non-hydrogen) atoms. The van der Waals surface area contributed by atoms with Crippen LogP contribution in [0.4, 0.5) is 4.79 Å². The molecule has 9 nitrogen and oxygen atoms in total. The van der Waals surface area contributed by atoms with Gasteiger partial charge in [0.15, 0.2) is 11.4 Å². The number of aromatic amines is 1. The molecule has 0 aliphatic heterocycles. The summed E-state index contributed by atoms with van der Waals surface area (Å²) >= 11 is 0. The van der Waals surface area contributed by atoms with Gasteiger partial charge in [-0.25, -0.2) is 14.6 Å². The van der Waals surface area contributed by atoms with Crippen molar-refractivity contribution in [2.75, 3.05) is 0 Å². The first-order chi connectivity index (χ1) is 16.6. The van der Waals surface area contributed by atoms with Gasteiger partial charge in [0.2, 0.25) is 0 Å². The molecule has 0 aliphatic carbocycles. The number of ether oxygens (including phenoxy) is 2. The normalized spacial score (nSPS) is 11.9. The van der Waals surface area contributed by atoms with Gasteiger partial charge in [0.1, 0.15) is 11.7 Å². The smallest absolute Gasteiger partial charge is 0.407 e. The summed E-state index contributed by atoms with van der Waals surface area (Å²) in [5, 5.41) is 5.46. The van der Waals surface area contributed by atoms with Crippen LogP contribution in [0.25, 0.3) is 0 Å². The molecule has 0 saturated carbocycles. The van der Waals surface area contributed by atoms with E-state index >= 15 is 0 Å². The topological polar surface area (TPSA) is 122 Å². The summed E-state index contributed by atoms with van der Waals surface area (Å²) in [5.41, 5.74) is 1.97. The van der Waals surface area contributed by atoms with E-state index in [1.54, 1.807) is 27.7 Å². The van der Waals surface area contributed by atoms with Gasteiger partial charge < -0.3 is 25.1 Å². The monoisotopic (exact) mass is 478 g/mol. The number of H-pyrrole nitrogens is 1. The van der Waals surface area contributed by atoms with Crippen LogP contribution in [0.2, 0.25) is 0 Å². The highest BCUT2D eigenvalue weighted by Crippen LogP contribution is 2.18. The first kappa shape index (κ1) is 25.5. The maximum atomic E-state index is 12.7. The lowest BCUT2D eigenvalue weighted by Gasteiger charge is -2.19. The molecular formula is C26H30N4O5. The van der Waals surface area contributed by atoms with E-state index in [0.717, 1.165) is 16.7 Å². The summed E-state index contributed by atoms with van der Waals surface area (Å²) in [5.74, 6) is -1.16. The molecule has 0 saturated heterocycles. The number of nitrogens with one attached hydrogen (secondary N) is 3. The zero-order valence-electron chi connectivity index (χ0n) is 20.3. The number of esters is 1. The van der Waals surface area contributed by atoms with Crippen molar-refractivity contribution in [2.24, 2.45) is 0 Å². The molecule has 3 rings (SSSR count). The first-order valence-corrected chi connectivity index (χ1v) is 11.2. The van der Waals surface area contributed by atoms with Crippen LogP contribution in [0.1, 0.15) is 71.5 Å². The number of nitrogens with zero attached hydrogens (tertiary/aromatic N) is 1. The molecule has 3 aromatic rings. The predicted octanol–water partition coefficient (Wildman–Crippen LogP) is 4.28. The largest absolute Gasteiger partial charge is 0.453 e. The molecule has 0 spiro atoms. The van der Waals surface area contributed by atoms with Crippen LogP contribution in [-0.4, -0.2) is 33.5 Å². The van der Waals surface area contributed by atoms with Gasteiger partial charge in [0.05, 0.1) is 6.33 Å². The molecular weight excluding hydrogens is 448 g/mol. The quantitative estimate of drug-likeness (QED) is 0.415. The van der Waals surface area contributed by atoms with Gasteiger partial charge in [-0.2, -0.15) is 0 Å². The summed E-state index contributed by atoms with van der Waals surface area (Å²) in [4.78, 5) is 43.7. The Balaban J connectivity index is 1.52. The van der Waals surface area contributed by atoms with Crippen LogP contribution in [-0.2, 0) is 22.6 Å². The minimum atomic E-state index is -0.661. The molecule has 0 unspecified atom stereocenters. The van der Waals surface area contributed by atoms with Crippen LogP contribution in [0.3, 0.4) is 0 Å². The molecule has 2 amide bonds. The number of rotatable bonds is 8. The maximum absolute atomic E-state index is 12.7. The van der Waals surface area contributed by atoms with Crippen LogP contribution in [0.5, 0.6) is 0 Å². The van der Waals surface area contributed by atoms with Crippen LogP contribution >= 0.6 is 0 Å². The minimum Gasteiger partial charge on any atom is -0.453 e. The van der Waals surface area contributed by atoms with Crippen molar-refractivity contribution in [3.63, 3.8) is 0 Å². The summed E-state index contributed by atoms with van der Waals surface area (Å²) in [6.07, 6.45) is 0.317. The molecule has 0 fully saturated rings. The number of imidazole rings is 1. The number of amides is 2. The molecule has 0 radical (unpaired) electrons. The Kier molecular flexibility index (Phi) is 8.25. The second kappa shape index (κ2) is 11.3. The van der Waals surface area contributed by atoms with E-state index in [9.17, 15) is 14.4 Å². The van der Waals surface area contributed by atoms with E-state index < -0.39 is 29.7 Å². The zero-order chi connectivity index (χ0) is 25.4. The lowest BCUT2D eigenvalue weighted by Crippen LogP contribution is -2.32. The molecule has 3 N–H and O–H groups in total. The standard InChI is InChI=1S/C26H30N4O5/c1-17(20-8-6-5-7-9-20)34-24(32)22-21(29-16-30-22)23(31)27-14-18-10-12-19(13-11-18)15-28-25(33)35-26(2,3)4/h5-13,16-17H,14-15H2,1-4H3,(H,27,31)(H,28,33)(H,29,30)/t17-/m1/s1. The van der Waals surface area contributed by atoms with Gasteiger partial charge in [-0.15, -0.1) is 0 Å².